The fourth-order valence-electron chi connectivity index (χ4n) is 2.39. The van der Waals surface area contributed by atoms with Crippen molar-refractivity contribution in [2.75, 3.05) is 0 Å². The zero-order valence-corrected chi connectivity index (χ0v) is 15.5. The van der Waals surface area contributed by atoms with E-state index in [0.29, 0.717) is 0 Å². The predicted molar refractivity (Wildman–Crippen MR) is 97.0 cm³/mol. The van der Waals surface area contributed by atoms with E-state index >= 15 is 0 Å². The molecule has 134 valence electrons. The van der Waals surface area contributed by atoms with Crippen LogP contribution in [-0.4, -0.2) is 13.3 Å². The van der Waals surface area contributed by atoms with Gasteiger partial charge in [-0.15, -0.1) is 0 Å². The summed E-state index contributed by atoms with van der Waals surface area (Å²) >= 11 is 0. The Morgan fingerprint density at radius 1 is 1.00 bits per heavy atom. The minimum absolute atomic E-state index is 0.00346. The molecule has 1 atom stereocenters. The number of nitrogens with one attached hydrogen (secondary N) is 1. The maximum Gasteiger partial charge on any atom is 0.269 e. The van der Waals surface area contributed by atoms with Gasteiger partial charge in [-0.1, -0.05) is 45.0 Å². The molecule has 0 bridgehead atoms. The van der Waals surface area contributed by atoms with Crippen molar-refractivity contribution < 1.29 is 13.3 Å². The third-order valence-electron chi connectivity index (χ3n) is 3.97. The summed E-state index contributed by atoms with van der Waals surface area (Å²) in [6.07, 6.45) is 0. The van der Waals surface area contributed by atoms with Crippen LogP contribution < -0.4 is 4.72 Å². The first kappa shape index (κ1) is 19.1. The van der Waals surface area contributed by atoms with Crippen LogP contribution in [0.15, 0.2) is 53.4 Å². The summed E-state index contributed by atoms with van der Waals surface area (Å²) in [7, 11) is -3.76. The lowest BCUT2D eigenvalue weighted by Crippen LogP contribution is -2.27. The highest BCUT2D eigenvalue weighted by molar-refractivity contribution is 7.89. The molecule has 1 N–H and O–H groups in total. The molecule has 0 spiro atoms. The summed E-state index contributed by atoms with van der Waals surface area (Å²) in [5, 5.41) is 10.7. The summed E-state index contributed by atoms with van der Waals surface area (Å²) < 4.78 is 27.5. The molecule has 0 radical (unpaired) electrons. The van der Waals surface area contributed by atoms with Crippen LogP contribution in [0.1, 0.15) is 44.9 Å². The van der Waals surface area contributed by atoms with E-state index in [1.807, 2.05) is 24.3 Å². The summed E-state index contributed by atoms with van der Waals surface area (Å²) in [5.74, 6) is 0. The molecule has 0 saturated heterocycles. The fourth-order valence-corrected chi connectivity index (χ4v) is 3.62. The van der Waals surface area contributed by atoms with E-state index in [2.05, 4.69) is 25.5 Å². The Hall–Kier alpha value is -2.25. The van der Waals surface area contributed by atoms with E-state index in [9.17, 15) is 18.5 Å². The van der Waals surface area contributed by atoms with Crippen molar-refractivity contribution in [3.8, 4) is 0 Å². The summed E-state index contributed by atoms with van der Waals surface area (Å²) in [4.78, 5) is 10.1. The number of sulfonamides is 1. The zero-order valence-electron chi connectivity index (χ0n) is 14.7. The first-order valence-corrected chi connectivity index (χ1v) is 9.36. The van der Waals surface area contributed by atoms with Gasteiger partial charge < -0.3 is 0 Å². The standard InChI is InChI=1S/C18H22N2O4S/c1-13(14-5-7-15(8-6-14)18(2,3)4)19-25(23,24)17-11-9-16(10-12-17)20(21)22/h5-13,19H,1-4H3/t13-/m1/s1. The average Bonchev–Trinajstić information content (AvgIpc) is 2.54. The highest BCUT2D eigenvalue weighted by Gasteiger charge is 2.20. The van der Waals surface area contributed by atoms with E-state index in [0.717, 1.165) is 5.56 Å². The molecule has 0 aliphatic carbocycles. The van der Waals surface area contributed by atoms with Gasteiger partial charge in [-0.2, -0.15) is 0 Å². The Morgan fingerprint density at radius 3 is 1.96 bits per heavy atom. The molecule has 0 heterocycles. The van der Waals surface area contributed by atoms with Crippen LogP contribution in [-0.2, 0) is 15.4 Å². The highest BCUT2D eigenvalue weighted by atomic mass is 32.2. The lowest BCUT2D eigenvalue weighted by atomic mass is 9.86. The molecule has 25 heavy (non-hydrogen) atoms. The number of nitrogens with zero attached hydrogens (tertiary/aromatic N) is 1. The second-order valence-electron chi connectivity index (χ2n) is 6.97. The summed E-state index contributed by atoms with van der Waals surface area (Å²) in [6.45, 7) is 8.10. The zero-order chi connectivity index (χ0) is 18.8. The van der Waals surface area contributed by atoms with Crippen LogP contribution >= 0.6 is 0 Å². The van der Waals surface area contributed by atoms with E-state index in [-0.39, 0.29) is 16.0 Å². The molecule has 2 aromatic carbocycles. The molecular formula is C18H22N2O4S. The van der Waals surface area contributed by atoms with Crippen LogP contribution in [0, 0.1) is 10.1 Å². The van der Waals surface area contributed by atoms with Crippen molar-refractivity contribution in [2.45, 2.75) is 44.0 Å². The van der Waals surface area contributed by atoms with Gasteiger partial charge in [-0.3, -0.25) is 10.1 Å². The van der Waals surface area contributed by atoms with Gasteiger partial charge in [0.25, 0.3) is 5.69 Å². The van der Waals surface area contributed by atoms with Crippen LogP contribution in [0.3, 0.4) is 0 Å². The van der Waals surface area contributed by atoms with Crippen LogP contribution in [0.4, 0.5) is 5.69 Å². The molecule has 7 heteroatoms. The molecule has 2 rings (SSSR count). The molecule has 0 fully saturated rings. The average molecular weight is 362 g/mol. The van der Waals surface area contributed by atoms with Gasteiger partial charge in [0.05, 0.1) is 9.82 Å². The van der Waals surface area contributed by atoms with E-state index in [1.165, 1.54) is 29.8 Å². The second kappa shape index (κ2) is 6.93. The van der Waals surface area contributed by atoms with Crippen molar-refractivity contribution in [1.29, 1.82) is 0 Å². The topological polar surface area (TPSA) is 89.3 Å². The fraction of sp³-hybridized carbons (Fsp3) is 0.333. The maximum absolute atomic E-state index is 12.4. The number of benzene rings is 2. The minimum Gasteiger partial charge on any atom is -0.258 e. The molecule has 0 saturated carbocycles. The Morgan fingerprint density at radius 2 is 1.52 bits per heavy atom. The normalized spacial score (nSPS) is 13.4. The number of rotatable bonds is 5. The minimum atomic E-state index is -3.76. The maximum atomic E-state index is 12.4. The first-order chi connectivity index (χ1) is 11.5. The van der Waals surface area contributed by atoms with E-state index in [4.69, 9.17) is 0 Å². The van der Waals surface area contributed by atoms with E-state index in [1.54, 1.807) is 6.92 Å². The first-order valence-electron chi connectivity index (χ1n) is 7.88. The molecule has 6 nitrogen and oxygen atoms in total. The SMILES string of the molecule is C[C@@H](NS(=O)(=O)c1ccc([N+](=O)[O-])cc1)c1ccc(C(C)(C)C)cc1. The molecule has 0 amide bonds. The quantitative estimate of drug-likeness (QED) is 0.644. The second-order valence-corrected chi connectivity index (χ2v) is 8.68. The molecule has 0 aliphatic rings. The smallest absolute Gasteiger partial charge is 0.258 e. The van der Waals surface area contributed by atoms with Gasteiger partial charge >= 0.3 is 0 Å². The Balaban J connectivity index is 2.18. The molecular weight excluding hydrogens is 340 g/mol. The third-order valence-corrected chi connectivity index (χ3v) is 5.52. The molecule has 0 unspecified atom stereocenters. The van der Waals surface area contributed by atoms with Gasteiger partial charge in [0.2, 0.25) is 10.0 Å². The van der Waals surface area contributed by atoms with Gasteiger partial charge in [-0.05, 0) is 35.6 Å². The van der Waals surface area contributed by atoms with Crippen LogP contribution in [0.2, 0.25) is 0 Å². The lowest BCUT2D eigenvalue weighted by molar-refractivity contribution is -0.384. The lowest BCUT2D eigenvalue weighted by Gasteiger charge is -2.20. The monoisotopic (exact) mass is 362 g/mol. The molecule has 2 aromatic rings. The Labute approximate surface area is 148 Å². The Bertz CT molecular complexity index is 851. The number of hydrogen-bond acceptors (Lipinski definition) is 4. The number of hydrogen-bond donors (Lipinski definition) is 1. The molecule has 0 aliphatic heterocycles. The largest absolute Gasteiger partial charge is 0.269 e. The van der Waals surface area contributed by atoms with Gasteiger partial charge in [0.15, 0.2) is 0 Å². The van der Waals surface area contributed by atoms with Crippen molar-refractivity contribution in [3.05, 3.63) is 69.8 Å². The summed E-state index contributed by atoms with van der Waals surface area (Å²) in [6, 6.07) is 12.2. The van der Waals surface area contributed by atoms with Crippen molar-refractivity contribution in [3.63, 3.8) is 0 Å². The van der Waals surface area contributed by atoms with Gasteiger partial charge in [0.1, 0.15) is 0 Å². The Kier molecular flexibility index (Phi) is 5.29. The number of nitro groups is 1. The van der Waals surface area contributed by atoms with E-state index < -0.39 is 21.0 Å². The predicted octanol–water partition coefficient (Wildman–Crippen LogP) is 3.93. The van der Waals surface area contributed by atoms with Crippen LogP contribution in [0.5, 0.6) is 0 Å². The van der Waals surface area contributed by atoms with Crippen molar-refractivity contribution in [2.24, 2.45) is 0 Å². The van der Waals surface area contributed by atoms with Crippen molar-refractivity contribution in [1.82, 2.24) is 4.72 Å². The molecule has 0 aromatic heterocycles. The van der Waals surface area contributed by atoms with Gasteiger partial charge in [-0.25, -0.2) is 13.1 Å². The highest BCUT2D eigenvalue weighted by Crippen LogP contribution is 2.25. The summed E-state index contributed by atoms with van der Waals surface area (Å²) in [5.41, 5.74) is 1.89. The number of nitro benzene ring substituents is 1. The van der Waals surface area contributed by atoms with Gasteiger partial charge in [0, 0.05) is 18.2 Å². The third kappa shape index (κ3) is 4.64. The number of non-ortho nitro benzene ring substituents is 1. The van der Waals surface area contributed by atoms with Crippen LogP contribution in [0.25, 0.3) is 0 Å². The van der Waals surface area contributed by atoms with Crippen molar-refractivity contribution >= 4 is 15.7 Å².